The van der Waals surface area contributed by atoms with Crippen molar-refractivity contribution < 1.29 is 28.6 Å². The molecule has 0 spiro atoms. The molecule has 0 aliphatic heterocycles. The van der Waals surface area contributed by atoms with Gasteiger partial charge in [-0.05, 0) is 96.3 Å². The number of hydrogen-bond acceptors (Lipinski definition) is 6. The minimum absolute atomic E-state index is 0.0848. The lowest BCUT2D eigenvalue weighted by Gasteiger charge is -2.18. The molecule has 1 atom stereocenters. The predicted molar refractivity (Wildman–Crippen MR) is 288 cm³/mol. The first-order chi connectivity index (χ1) is 33.0. The highest BCUT2D eigenvalue weighted by Gasteiger charge is 2.19. The molecule has 0 radical (unpaired) electrons. The van der Waals surface area contributed by atoms with E-state index in [2.05, 4.69) is 81.5 Å². The number of unbranched alkanes of at least 4 members (excludes halogenated alkanes) is 31. The number of carbonyl (C=O) groups is 3. The fourth-order valence-corrected chi connectivity index (χ4v) is 8.06. The van der Waals surface area contributed by atoms with Gasteiger partial charge in [-0.15, -0.1) is 0 Å². The zero-order valence-corrected chi connectivity index (χ0v) is 44.4. The number of allylic oxidation sites excluding steroid dienone is 10. The average molecular weight is 938 g/mol. The summed E-state index contributed by atoms with van der Waals surface area (Å²) in [5.41, 5.74) is 0. The topological polar surface area (TPSA) is 78.9 Å². The molecule has 6 nitrogen and oxygen atoms in total. The lowest BCUT2D eigenvalue weighted by atomic mass is 10.1. The number of esters is 3. The fraction of sp³-hybridized carbons (Fsp3) is 0.787. The molecule has 0 saturated heterocycles. The van der Waals surface area contributed by atoms with Gasteiger partial charge in [-0.1, -0.05) is 236 Å². The first kappa shape index (κ1) is 64.1. The molecule has 0 bridgehead atoms. The van der Waals surface area contributed by atoms with Crippen LogP contribution in [0.1, 0.15) is 290 Å². The highest BCUT2D eigenvalue weighted by Crippen LogP contribution is 2.15. The van der Waals surface area contributed by atoms with Crippen LogP contribution in [0.3, 0.4) is 0 Å². The van der Waals surface area contributed by atoms with Crippen molar-refractivity contribution in [3.05, 3.63) is 60.8 Å². The van der Waals surface area contributed by atoms with Crippen LogP contribution in [0.2, 0.25) is 0 Å². The Morgan fingerprint density at radius 3 is 0.881 bits per heavy atom. The third kappa shape index (κ3) is 53.9. The second-order valence-corrected chi connectivity index (χ2v) is 19.2. The van der Waals surface area contributed by atoms with E-state index in [0.717, 1.165) is 103 Å². The van der Waals surface area contributed by atoms with Gasteiger partial charge in [-0.25, -0.2) is 0 Å². The minimum Gasteiger partial charge on any atom is -0.462 e. The standard InChI is InChI=1S/C61H108O6/c1-4-7-10-13-16-19-22-25-28-29-30-31-32-33-34-37-39-42-45-48-51-54-60(63)66-57-58(67-61(64)55-52-49-46-43-40-36-27-24-21-18-15-12-9-6-3)56-65-59(62)53-50-47-44-41-38-35-26-23-20-17-14-11-8-5-2/h14-15,17-18,23-24,26-27,29-30,58H,4-13,16,19-22,25,28,31-57H2,1-3H3/b17-14-,18-15-,26-23-,27-24-,30-29-. The molecule has 0 saturated carbocycles. The van der Waals surface area contributed by atoms with Crippen LogP contribution >= 0.6 is 0 Å². The highest BCUT2D eigenvalue weighted by atomic mass is 16.6. The second kappa shape index (κ2) is 55.7. The summed E-state index contributed by atoms with van der Waals surface area (Å²) < 4.78 is 16.8. The van der Waals surface area contributed by atoms with Crippen LogP contribution in [0.15, 0.2) is 60.8 Å². The molecule has 0 N–H and O–H groups in total. The van der Waals surface area contributed by atoms with Crippen molar-refractivity contribution in [2.75, 3.05) is 13.2 Å². The molecule has 0 aromatic rings. The quantitative estimate of drug-likeness (QED) is 0.0262. The molecule has 388 valence electrons. The molecule has 0 aliphatic carbocycles. The molecular weight excluding hydrogens is 829 g/mol. The van der Waals surface area contributed by atoms with Crippen molar-refractivity contribution in [2.45, 2.75) is 297 Å². The number of ether oxygens (including phenoxy) is 3. The van der Waals surface area contributed by atoms with Crippen molar-refractivity contribution in [1.82, 2.24) is 0 Å². The van der Waals surface area contributed by atoms with Crippen molar-refractivity contribution in [3.8, 4) is 0 Å². The zero-order valence-electron chi connectivity index (χ0n) is 44.4. The van der Waals surface area contributed by atoms with E-state index in [1.165, 1.54) is 148 Å². The summed E-state index contributed by atoms with van der Waals surface area (Å²) in [7, 11) is 0. The van der Waals surface area contributed by atoms with Gasteiger partial charge in [0.25, 0.3) is 0 Å². The summed E-state index contributed by atoms with van der Waals surface area (Å²) in [6.45, 7) is 6.55. The molecule has 0 heterocycles. The largest absolute Gasteiger partial charge is 0.462 e. The summed E-state index contributed by atoms with van der Waals surface area (Å²) in [6, 6.07) is 0. The number of rotatable bonds is 52. The predicted octanol–water partition coefficient (Wildman–Crippen LogP) is 19.2. The Morgan fingerprint density at radius 2 is 0.552 bits per heavy atom. The van der Waals surface area contributed by atoms with Crippen molar-refractivity contribution in [2.24, 2.45) is 0 Å². The van der Waals surface area contributed by atoms with E-state index in [1.807, 2.05) is 0 Å². The Kier molecular flexibility index (Phi) is 53.3. The summed E-state index contributed by atoms with van der Waals surface area (Å²) >= 11 is 0. The molecule has 67 heavy (non-hydrogen) atoms. The minimum atomic E-state index is -0.788. The van der Waals surface area contributed by atoms with Gasteiger partial charge in [0.2, 0.25) is 0 Å². The molecule has 0 aromatic heterocycles. The summed E-state index contributed by atoms with van der Waals surface area (Å²) in [6.07, 6.45) is 69.2. The van der Waals surface area contributed by atoms with Gasteiger partial charge < -0.3 is 14.2 Å². The molecule has 0 fully saturated rings. The third-order valence-corrected chi connectivity index (χ3v) is 12.5. The van der Waals surface area contributed by atoms with Crippen LogP contribution in [0.4, 0.5) is 0 Å². The molecule has 0 aliphatic rings. The lowest BCUT2D eigenvalue weighted by Crippen LogP contribution is -2.30. The van der Waals surface area contributed by atoms with E-state index in [9.17, 15) is 14.4 Å². The third-order valence-electron chi connectivity index (χ3n) is 12.5. The average Bonchev–Trinajstić information content (AvgIpc) is 3.33. The van der Waals surface area contributed by atoms with Crippen LogP contribution < -0.4 is 0 Å². The van der Waals surface area contributed by atoms with Crippen LogP contribution in [0.5, 0.6) is 0 Å². The molecule has 0 amide bonds. The summed E-state index contributed by atoms with van der Waals surface area (Å²) in [5, 5.41) is 0. The fourth-order valence-electron chi connectivity index (χ4n) is 8.06. The lowest BCUT2D eigenvalue weighted by molar-refractivity contribution is -0.167. The Balaban J connectivity index is 4.35. The smallest absolute Gasteiger partial charge is 0.306 e. The second-order valence-electron chi connectivity index (χ2n) is 19.2. The van der Waals surface area contributed by atoms with E-state index in [1.54, 1.807) is 0 Å². The van der Waals surface area contributed by atoms with E-state index in [4.69, 9.17) is 14.2 Å². The zero-order chi connectivity index (χ0) is 48.6. The van der Waals surface area contributed by atoms with Crippen LogP contribution in [-0.4, -0.2) is 37.2 Å². The van der Waals surface area contributed by atoms with E-state index in [0.29, 0.717) is 19.3 Å². The number of carbonyl (C=O) groups excluding carboxylic acids is 3. The van der Waals surface area contributed by atoms with Crippen molar-refractivity contribution in [1.29, 1.82) is 0 Å². The van der Waals surface area contributed by atoms with Gasteiger partial charge in [0.05, 0.1) is 0 Å². The van der Waals surface area contributed by atoms with Crippen LogP contribution in [0.25, 0.3) is 0 Å². The van der Waals surface area contributed by atoms with Gasteiger partial charge in [-0.3, -0.25) is 14.4 Å². The molecule has 6 heteroatoms. The Labute approximate surface area is 415 Å². The monoisotopic (exact) mass is 937 g/mol. The maximum Gasteiger partial charge on any atom is 0.306 e. The van der Waals surface area contributed by atoms with Gasteiger partial charge in [0, 0.05) is 19.3 Å². The normalized spacial score (nSPS) is 12.5. The first-order valence-electron chi connectivity index (χ1n) is 28.8. The van der Waals surface area contributed by atoms with E-state index >= 15 is 0 Å². The van der Waals surface area contributed by atoms with Gasteiger partial charge in [0.1, 0.15) is 13.2 Å². The SMILES string of the molecule is CCCC/C=C\C/C=C\CCCCCCCC(=O)OCC(COC(=O)CCCCCCCCCCC/C=C\CCCCCCCCCC)OC(=O)CCCCCCC/C=C\C/C=C\CCCC. The van der Waals surface area contributed by atoms with E-state index in [-0.39, 0.29) is 31.1 Å². The van der Waals surface area contributed by atoms with Gasteiger partial charge in [0.15, 0.2) is 6.10 Å². The van der Waals surface area contributed by atoms with Gasteiger partial charge >= 0.3 is 17.9 Å². The summed E-state index contributed by atoms with van der Waals surface area (Å²) in [5.74, 6) is -0.906. The Hall–Kier alpha value is -2.89. The van der Waals surface area contributed by atoms with Crippen LogP contribution in [-0.2, 0) is 28.6 Å². The maximum absolute atomic E-state index is 12.8. The highest BCUT2D eigenvalue weighted by molar-refractivity contribution is 5.71. The van der Waals surface area contributed by atoms with Gasteiger partial charge in [-0.2, -0.15) is 0 Å². The first-order valence-corrected chi connectivity index (χ1v) is 28.8. The van der Waals surface area contributed by atoms with E-state index < -0.39 is 6.10 Å². The van der Waals surface area contributed by atoms with Crippen molar-refractivity contribution >= 4 is 17.9 Å². The molecule has 0 rings (SSSR count). The molecule has 0 aromatic carbocycles. The summed E-state index contributed by atoms with van der Waals surface area (Å²) in [4.78, 5) is 38.1. The molecule has 1 unspecified atom stereocenters. The Bertz CT molecular complexity index is 1210. The number of hydrogen-bond donors (Lipinski definition) is 0. The van der Waals surface area contributed by atoms with Crippen LogP contribution in [0, 0.1) is 0 Å². The Morgan fingerprint density at radius 1 is 0.299 bits per heavy atom. The van der Waals surface area contributed by atoms with Crippen molar-refractivity contribution in [3.63, 3.8) is 0 Å². The molecular formula is C61H108O6. The maximum atomic E-state index is 12.8.